The van der Waals surface area contributed by atoms with Gasteiger partial charge in [-0.15, -0.1) is 0 Å². The minimum atomic E-state index is -2.08. The second-order valence-corrected chi connectivity index (χ2v) is 17.1. The van der Waals surface area contributed by atoms with Crippen molar-refractivity contribution in [2.45, 2.75) is 126 Å². The SMILES string of the molecule is CNCC1=C[C@H]2C[C@@]3(O)[C@]4(CCCC[C@@]15OC(=O)C=C5[C@@H]24)CC[C@H]1[C@@]3(O)[C@H](O)[C@H]2C[C@H](C(C)C)CC[C@H]3[C@@H](O)CC[C@@]1(C=O)[C@]23O. The van der Waals surface area contributed by atoms with E-state index in [1.807, 2.05) is 7.05 Å². The van der Waals surface area contributed by atoms with Crippen molar-refractivity contribution in [2.24, 2.45) is 52.3 Å². The molecule has 7 aliphatic carbocycles. The van der Waals surface area contributed by atoms with Gasteiger partial charge < -0.3 is 40.4 Å². The highest BCUT2D eigenvalue weighted by molar-refractivity contribution is 5.88. The predicted molar refractivity (Wildman–Crippen MR) is 168 cm³/mol. The first kappa shape index (κ1) is 31.6. The van der Waals surface area contributed by atoms with Crippen LogP contribution in [0.2, 0.25) is 0 Å². The first-order valence-corrected chi connectivity index (χ1v) is 18.1. The van der Waals surface area contributed by atoms with Crippen molar-refractivity contribution in [3.05, 3.63) is 23.3 Å². The van der Waals surface area contributed by atoms with Crippen molar-refractivity contribution < 1.29 is 39.9 Å². The first-order chi connectivity index (χ1) is 21.8. The van der Waals surface area contributed by atoms with Crippen LogP contribution in [0.5, 0.6) is 0 Å². The van der Waals surface area contributed by atoms with E-state index in [9.17, 15) is 35.1 Å². The summed E-state index contributed by atoms with van der Waals surface area (Å²) < 4.78 is 6.20. The highest BCUT2D eigenvalue weighted by atomic mass is 16.6. The van der Waals surface area contributed by atoms with Gasteiger partial charge in [0.25, 0.3) is 0 Å². The van der Waals surface area contributed by atoms with E-state index in [2.05, 4.69) is 25.2 Å². The van der Waals surface area contributed by atoms with Crippen LogP contribution in [-0.2, 0) is 14.3 Å². The average molecular weight is 640 g/mol. The van der Waals surface area contributed by atoms with Crippen LogP contribution in [-0.4, -0.2) is 86.0 Å². The van der Waals surface area contributed by atoms with E-state index in [1.165, 1.54) is 0 Å². The largest absolute Gasteiger partial charge is 0.447 e. The summed E-state index contributed by atoms with van der Waals surface area (Å²) in [6.07, 6.45) is 8.49. The summed E-state index contributed by atoms with van der Waals surface area (Å²) in [7, 11) is 1.87. The van der Waals surface area contributed by atoms with Crippen LogP contribution in [0.25, 0.3) is 0 Å². The van der Waals surface area contributed by atoms with Crippen LogP contribution in [0.15, 0.2) is 23.3 Å². The van der Waals surface area contributed by atoms with Crippen LogP contribution in [0, 0.1) is 52.3 Å². The number of hydrogen-bond donors (Lipinski definition) is 6. The molecule has 6 saturated carbocycles. The Labute approximate surface area is 271 Å². The zero-order chi connectivity index (χ0) is 32.7. The van der Waals surface area contributed by atoms with Gasteiger partial charge in [-0.1, -0.05) is 26.3 Å². The lowest BCUT2D eigenvalue weighted by Crippen LogP contribution is -2.85. The molecule has 1 heterocycles. The second kappa shape index (κ2) is 9.97. The van der Waals surface area contributed by atoms with E-state index in [0.29, 0.717) is 51.5 Å². The normalized spacial score (nSPS) is 55.4. The lowest BCUT2D eigenvalue weighted by Gasteiger charge is -2.73. The standard InChI is InChI=1S/C37H53NO8/c1-20(2)21-6-7-24-27(40)8-12-33(19-39)28-9-13-32-10-4-5-11-34-23(18-38-3)14-22(30(32)25(34)16-29(41)46-34)17-35(32,43)37(28,45)31(42)26(15-21)36(24,33)44/h14,16,19-22,24,26-28,30-31,38,40,42-45H,4-13,15,17-18H2,1-3H3/t21-,22+,24+,26-,27+,28-,30-,31-,32-,33+,34-,35-,36-,37-/m1/s1. The molecule has 14 atom stereocenters. The number of aliphatic hydroxyl groups excluding tert-OH is 2. The molecule has 46 heavy (non-hydrogen) atoms. The van der Waals surface area contributed by atoms with Crippen molar-refractivity contribution in [3.63, 3.8) is 0 Å². The number of likely N-dealkylation sites (N-methyl/N-ethyl adjacent to an activating group) is 1. The maximum atomic E-state index is 13.7. The first-order valence-electron chi connectivity index (χ1n) is 18.1. The highest BCUT2D eigenvalue weighted by Gasteiger charge is 2.85. The third kappa shape index (κ3) is 3.34. The number of carbonyl (C=O) groups excluding carboxylic acids is 2. The fourth-order valence-corrected chi connectivity index (χ4v) is 13.9. The van der Waals surface area contributed by atoms with Gasteiger partial charge in [-0.25, -0.2) is 4.79 Å². The smallest absolute Gasteiger partial charge is 0.332 e. The summed E-state index contributed by atoms with van der Waals surface area (Å²) >= 11 is 0. The summed E-state index contributed by atoms with van der Waals surface area (Å²) in [6, 6.07) is 0. The average Bonchev–Trinajstić information content (AvgIpc) is 3.39. The van der Waals surface area contributed by atoms with Gasteiger partial charge in [0.2, 0.25) is 0 Å². The van der Waals surface area contributed by atoms with Crippen molar-refractivity contribution in [1.82, 2.24) is 5.32 Å². The van der Waals surface area contributed by atoms with Gasteiger partial charge in [0.1, 0.15) is 17.5 Å². The summed E-state index contributed by atoms with van der Waals surface area (Å²) in [5.74, 6) is -2.85. The molecule has 2 bridgehead atoms. The minimum absolute atomic E-state index is 0.116. The Morgan fingerprint density at radius 3 is 2.48 bits per heavy atom. The maximum absolute atomic E-state index is 13.7. The lowest BCUT2D eigenvalue weighted by atomic mass is 9.35. The molecule has 0 aromatic rings. The molecule has 8 rings (SSSR count). The number of rotatable bonds is 4. The van der Waals surface area contributed by atoms with Gasteiger partial charge >= 0.3 is 5.97 Å². The molecule has 0 saturated heterocycles. The topological polar surface area (TPSA) is 157 Å². The van der Waals surface area contributed by atoms with E-state index in [-0.39, 0.29) is 42.5 Å². The van der Waals surface area contributed by atoms with Crippen molar-refractivity contribution in [2.75, 3.05) is 13.6 Å². The van der Waals surface area contributed by atoms with Crippen LogP contribution in [0.4, 0.5) is 0 Å². The summed E-state index contributed by atoms with van der Waals surface area (Å²) in [5.41, 5.74) is -6.84. The quantitative estimate of drug-likeness (QED) is 0.155. The van der Waals surface area contributed by atoms with Crippen LogP contribution in [0.3, 0.4) is 0 Å². The fraction of sp³-hybridized carbons (Fsp3) is 0.838. The summed E-state index contributed by atoms with van der Waals surface area (Å²) in [5, 5.41) is 67.6. The number of aliphatic hydroxyl groups is 5. The molecule has 0 amide bonds. The molecule has 0 unspecified atom stereocenters. The Morgan fingerprint density at radius 2 is 1.76 bits per heavy atom. The Bertz CT molecular complexity index is 1390. The molecule has 0 aromatic carbocycles. The zero-order valence-electron chi connectivity index (χ0n) is 27.6. The molecule has 8 aliphatic rings. The molecule has 6 N–H and O–H groups in total. The number of esters is 1. The van der Waals surface area contributed by atoms with Gasteiger partial charge in [-0.3, -0.25) is 0 Å². The summed E-state index contributed by atoms with van der Waals surface area (Å²) in [6.45, 7) is 4.77. The number of fused-ring (bicyclic) bond motifs is 3. The van der Waals surface area contributed by atoms with E-state index < -0.39 is 63.2 Å². The second-order valence-electron chi connectivity index (χ2n) is 17.1. The highest BCUT2D eigenvalue weighted by Crippen LogP contribution is 2.78. The zero-order valence-corrected chi connectivity index (χ0v) is 27.6. The predicted octanol–water partition coefficient (Wildman–Crippen LogP) is 2.57. The molecule has 0 radical (unpaired) electrons. The molecule has 1 spiro atoms. The third-order valence-corrected chi connectivity index (χ3v) is 15.7. The van der Waals surface area contributed by atoms with Crippen LogP contribution >= 0.6 is 0 Å². The van der Waals surface area contributed by atoms with E-state index >= 15 is 0 Å². The van der Waals surface area contributed by atoms with Gasteiger partial charge in [0, 0.05) is 35.8 Å². The molecule has 0 aromatic heterocycles. The van der Waals surface area contributed by atoms with E-state index in [4.69, 9.17) is 4.74 Å². The monoisotopic (exact) mass is 639 g/mol. The molecule has 9 heteroatoms. The Kier molecular flexibility index (Phi) is 6.86. The van der Waals surface area contributed by atoms with Crippen molar-refractivity contribution >= 4 is 12.3 Å². The third-order valence-electron chi connectivity index (χ3n) is 15.7. The van der Waals surface area contributed by atoms with E-state index in [0.717, 1.165) is 36.7 Å². The molecule has 6 fully saturated rings. The van der Waals surface area contributed by atoms with Gasteiger partial charge in [-0.05, 0) is 112 Å². The molecular weight excluding hydrogens is 586 g/mol. The molecular formula is C37H53NO8. The van der Waals surface area contributed by atoms with Crippen molar-refractivity contribution in [1.29, 1.82) is 0 Å². The number of aldehydes is 1. The maximum Gasteiger partial charge on any atom is 0.332 e. The van der Waals surface area contributed by atoms with Crippen LogP contribution < -0.4 is 5.32 Å². The number of hydrogen-bond acceptors (Lipinski definition) is 9. The Hall–Kier alpha value is -1.62. The molecule has 9 nitrogen and oxygen atoms in total. The lowest BCUT2D eigenvalue weighted by molar-refractivity contribution is -0.375. The van der Waals surface area contributed by atoms with Gasteiger partial charge in [-0.2, -0.15) is 0 Å². The summed E-state index contributed by atoms with van der Waals surface area (Å²) in [4.78, 5) is 26.8. The number of ether oxygens (including phenoxy) is 1. The van der Waals surface area contributed by atoms with Crippen LogP contribution in [0.1, 0.15) is 90.9 Å². The van der Waals surface area contributed by atoms with Gasteiger partial charge in [0.15, 0.2) is 5.60 Å². The number of carbonyl (C=O) groups is 2. The van der Waals surface area contributed by atoms with Crippen molar-refractivity contribution in [3.8, 4) is 0 Å². The Balaban J connectivity index is 1.34. The minimum Gasteiger partial charge on any atom is -0.447 e. The number of nitrogens with one attached hydrogen (secondary N) is 1. The number of allylic oxidation sites excluding steroid dienone is 1. The van der Waals surface area contributed by atoms with Gasteiger partial charge in [0.05, 0.1) is 23.2 Å². The Morgan fingerprint density at radius 1 is 1.00 bits per heavy atom. The molecule has 1 aliphatic heterocycles. The molecule has 254 valence electrons. The van der Waals surface area contributed by atoms with E-state index in [1.54, 1.807) is 6.08 Å². The fourth-order valence-electron chi connectivity index (χ4n) is 13.9.